The number of methoxy groups -OCH3 is 1. The summed E-state index contributed by atoms with van der Waals surface area (Å²) in [6.45, 7) is 0. The van der Waals surface area contributed by atoms with Gasteiger partial charge in [0.05, 0.1) is 19.0 Å². The van der Waals surface area contributed by atoms with Crippen molar-refractivity contribution < 1.29 is 9.53 Å². The van der Waals surface area contributed by atoms with Crippen molar-refractivity contribution in [2.75, 3.05) is 17.7 Å². The number of halogens is 1. The van der Waals surface area contributed by atoms with Crippen molar-refractivity contribution in [1.29, 1.82) is 0 Å². The third kappa shape index (κ3) is 4.58. The van der Waals surface area contributed by atoms with Crippen LogP contribution in [0.3, 0.4) is 0 Å². The van der Waals surface area contributed by atoms with Gasteiger partial charge >= 0.3 is 0 Å². The van der Waals surface area contributed by atoms with Gasteiger partial charge in [-0.2, -0.15) is 0 Å². The summed E-state index contributed by atoms with van der Waals surface area (Å²) in [5.74, 6) is 1.26. The van der Waals surface area contributed by atoms with Crippen LogP contribution in [0.15, 0.2) is 71.3 Å². The number of aromatic nitrogens is 1. The van der Waals surface area contributed by atoms with Crippen LogP contribution in [0.2, 0.25) is 0 Å². The first kappa shape index (κ1) is 17.0. The summed E-state index contributed by atoms with van der Waals surface area (Å²) in [6.07, 6.45) is 1.61. The van der Waals surface area contributed by atoms with E-state index in [0.29, 0.717) is 17.1 Å². The minimum absolute atomic E-state index is 0.184. The molecule has 0 saturated heterocycles. The highest BCUT2D eigenvalue weighted by atomic mass is 79.9. The fourth-order valence-corrected chi connectivity index (χ4v) is 2.62. The fraction of sp³-hybridized carbons (Fsp3) is 0.0526. The van der Waals surface area contributed by atoms with Gasteiger partial charge in [0.15, 0.2) is 0 Å². The summed E-state index contributed by atoms with van der Waals surface area (Å²) >= 11 is 3.36. The van der Waals surface area contributed by atoms with Gasteiger partial charge in [0, 0.05) is 21.8 Å². The maximum atomic E-state index is 12.2. The Morgan fingerprint density at radius 2 is 1.88 bits per heavy atom. The van der Waals surface area contributed by atoms with Gasteiger partial charge in [0.1, 0.15) is 11.6 Å². The molecule has 2 N–H and O–H groups in total. The van der Waals surface area contributed by atoms with Crippen molar-refractivity contribution in [3.8, 4) is 5.75 Å². The van der Waals surface area contributed by atoms with E-state index in [2.05, 4.69) is 31.5 Å². The lowest BCUT2D eigenvalue weighted by Gasteiger charge is -2.09. The van der Waals surface area contributed by atoms with E-state index in [0.717, 1.165) is 15.9 Å². The topological polar surface area (TPSA) is 63.2 Å². The first-order chi connectivity index (χ1) is 12.1. The summed E-state index contributed by atoms with van der Waals surface area (Å²) in [5, 5.41) is 6.01. The first-order valence-corrected chi connectivity index (χ1v) is 8.37. The Morgan fingerprint density at radius 3 is 2.60 bits per heavy atom. The number of carbonyl (C=O) groups is 1. The number of hydrogen-bond acceptors (Lipinski definition) is 4. The largest absolute Gasteiger partial charge is 0.497 e. The number of ether oxygens (including phenoxy) is 1. The Labute approximate surface area is 154 Å². The van der Waals surface area contributed by atoms with Crippen LogP contribution in [0.5, 0.6) is 5.75 Å². The molecule has 1 heterocycles. The Morgan fingerprint density at radius 1 is 1.04 bits per heavy atom. The molecule has 0 fully saturated rings. The van der Waals surface area contributed by atoms with Crippen molar-refractivity contribution in [2.24, 2.45) is 0 Å². The Balaban J connectivity index is 1.66. The number of nitrogens with one attached hydrogen (secondary N) is 2. The highest BCUT2D eigenvalue weighted by Gasteiger charge is 2.07. The molecule has 2 aromatic carbocycles. The van der Waals surface area contributed by atoms with E-state index >= 15 is 0 Å². The lowest BCUT2D eigenvalue weighted by atomic mass is 10.2. The molecule has 25 heavy (non-hydrogen) atoms. The van der Waals surface area contributed by atoms with Crippen LogP contribution < -0.4 is 15.4 Å². The molecule has 0 radical (unpaired) electrons. The van der Waals surface area contributed by atoms with E-state index in [4.69, 9.17) is 4.74 Å². The van der Waals surface area contributed by atoms with E-state index in [1.807, 2.05) is 36.4 Å². The van der Waals surface area contributed by atoms with E-state index < -0.39 is 0 Å². The third-order valence-corrected chi connectivity index (χ3v) is 3.94. The van der Waals surface area contributed by atoms with E-state index in [1.165, 1.54) is 0 Å². The van der Waals surface area contributed by atoms with Crippen LogP contribution in [0.4, 0.5) is 17.2 Å². The average Bonchev–Trinajstić information content (AvgIpc) is 2.63. The van der Waals surface area contributed by atoms with Gasteiger partial charge in [-0.25, -0.2) is 4.98 Å². The number of anilines is 3. The lowest BCUT2D eigenvalue weighted by Crippen LogP contribution is -2.12. The highest BCUT2D eigenvalue weighted by molar-refractivity contribution is 9.10. The molecule has 126 valence electrons. The standard InChI is InChI=1S/C19H16BrN3O2/c1-25-17-7-3-6-15(11-17)22-18-9-8-16(12-21-18)23-19(24)13-4-2-5-14(20)10-13/h2-12H,1H3,(H,21,22)(H,23,24). The normalized spacial score (nSPS) is 10.2. The van der Waals surface area contributed by atoms with Crippen LogP contribution in [0, 0.1) is 0 Å². The molecule has 0 spiro atoms. The van der Waals surface area contributed by atoms with Gasteiger partial charge in [0.25, 0.3) is 5.91 Å². The quantitative estimate of drug-likeness (QED) is 0.645. The second kappa shape index (κ2) is 7.81. The zero-order valence-electron chi connectivity index (χ0n) is 13.5. The lowest BCUT2D eigenvalue weighted by molar-refractivity contribution is 0.102. The van der Waals surface area contributed by atoms with E-state index in [-0.39, 0.29) is 5.91 Å². The molecule has 1 aromatic heterocycles. The number of nitrogens with zero attached hydrogens (tertiary/aromatic N) is 1. The molecule has 6 heteroatoms. The molecule has 1 amide bonds. The van der Waals surface area contributed by atoms with Gasteiger partial charge in [0.2, 0.25) is 0 Å². The Kier molecular flexibility index (Phi) is 5.30. The van der Waals surface area contributed by atoms with Crippen LogP contribution >= 0.6 is 15.9 Å². The molecular formula is C19H16BrN3O2. The van der Waals surface area contributed by atoms with Crippen LogP contribution in [-0.2, 0) is 0 Å². The van der Waals surface area contributed by atoms with Crippen LogP contribution in [0.1, 0.15) is 10.4 Å². The van der Waals surface area contributed by atoms with Crippen LogP contribution in [-0.4, -0.2) is 18.0 Å². The summed E-state index contributed by atoms with van der Waals surface area (Å²) in [4.78, 5) is 16.5. The summed E-state index contributed by atoms with van der Waals surface area (Å²) in [7, 11) is 1.63. The van der Waals surface area contributed by atoms with Crippen molar-refractivity contribution in [1.82, 2.24) is 4.98 Å². The molecule has 3 rings (SSSR count). The minimum Gasteiger partial charge on any atom is -0.497 e. The average molecular weight is 398 g/mol. The minimum atomic E-state index is -0.184. The van der Waals surface area contributed by atoms with Gasteiger partial charge < -0.3 is 15.4 Å². The van der Waals surface area contributed by atoms with Crippen molar-refractivity contribution >= 4 is 39.0 Å². The van der Waals surface area contributed by atoms with Crippen LogP contribution in [0.25, 0.3) is 0 Å². The molecule has 0 saturated carbocycles. The molecule has 0 atom stereocenters. The second-order valence-corrected chi connectivity index (χ2v) is 6.17. The number of benzene rings is 2. The number of carbonyl (C=O) groups excluding carboxylic acids is 1. The molecule has 5 nitrogen and oxygen atoms in total. The molecule has 3 aromatic rings. The number of rotatable bonds is 5. The zero-order valence-corrected chi connectivity index (χ0v) is 15.1. The monoisotopic (exact) mass is 397 g/mol. The van der Waals surface area contributed by atoms with Gasteiger partial charge in [-0.05, 0) is 42.5 Å². The van der Waals surface area contributed by atoms with Crippen molar-refractivity contribution in [3.63, 3.8) is 0 Å². The van der Waals surface area contributed by atoms with Crippen molar-refractivity contribution in [2.45, 2.75) is 0 Å². The van der Waals surface area contributed by atoms with Gasteiger partial charge in [-0.1, -0.05) is 28.1 Å². The maximum absolute atomic E-state index is 12.2. The number of pyridine rings is 1. The van der Waals surface area contributed by atoms with Crippen molar-refractivity contribution in [3.05, 3.63) is 76.9 Å². The summed E-state index contributed by atoms with van der Waals surface area (Å²) in [6, 6.07) is 18.4. The van der Waals surface area contributed by atoms with Gasteiger partial charge in [-0.3, -0.25) is 4.79 Å². The Hall–Kier alpha value is -2.86. The maximum Gasteiger partial charge on any atom is 0.255 e. The predicted octanol–water partition coefficient (Wildman–Crippen LogP) is 4.85. The fourth-order valence-electron chi connectivity index (χ4n) is 2.22. The molecule has 0 bridgehead atoms. The third-order valence-electron chi connectivity index (χ3n) is 3.45. The first-order valence-electron chi connectivity index (χ1n) is 7.58. The summed E-state index contributed by atoms with van der Waals surface area (Å²) in [5.41, 5.74) is 2.08. The molecule has 0 aliphatic rings. The highest BCUT2D eigenvalue weighted by Crippen LogP contribution is 2.21. The molecular weight excluding hydrogens is 382 g/mol. The zero-order chi connectivity index (χ0) is 17.6. The van der Waals surface area contributed by atoms with E-state index in [9.17, 15) is 4.79 Å². The van der Waals surface area contributed by atoms with Gasteiger partial charge in [-0.15, -0.1) is 0 Å². The predicted molar refractivity (Wildman–Crippen MR) is 103 cm³/mol. The number of hydrogen-bond donors (Lipinski definition) is 2. The smallest absolute Gasteiger partial charge is 0.255 e. The number of amides is 1. The molecule has 0 unspecified atom stereocenters. The molecule has 0 aliphatic heterocycles. The second-order valence-electron chi connectivity index (χ2n) is 5.25. The molecule has 0 aliphatic carbocycles. The van der Waals surface area contributed by atoms with E-state index in [1.54, 1.807) is 37.6 Å². The SMILES string of the molecule is COc1cccc(Nc2ccc(NC(=O)c3cccc(Br)c3)cn2)c1. The Bertz CT molecular complexity index is 882. The summed E-state index contributed by atoms with van der Waals surface area (Å²) < 4.78 is 6.05.